The maximum atomic E-state index is 3.74. The second kappa shape index (κ2) is 3.90. The van der Waals surface area contributed by atoms with Crippen LogP contribution in [0.3, 0.4) is 0 Å². The van der Waals surface area contributed by atoms with E-state index in [1.165, 1.54) is 0 Å². The van der Waals surface area contributed by atoms with Crippen LogP contribution in [0.1, 0.15) is 0 Å². The van der Waals surface area contributed by atoms with E-state index < -0.39 is 36.8 Å². The van der Waals surface area contributed by atoms with Crippen molar-refractivity contribution < 1.29 is 0 Å². The monoisotopic (exact) mass is 415 g/mol. The molecular weight excluding hydrogens is 392 g/mol. The van der Waals surface area contributed by atoms with Gasteiger partial charge in [-0.1, -0.05) is 0 Å². The van der Waals surface area contributed by atoms with E-state index >= 15 is 0 Å². The summed E-state index contributed by atoms with van der Waals surface area (Å²) in [5, 5.41) is 2.27. The molecule has 0 spiro atoms. The Bertz CT molecular complexity index is 211. The van der Waals surface area contributed by atoms with E-state index in [-0.39, 0.29) is 0 Å². The van der Waals surface area contributed by atoms with Gasteiger partial charge in [0.15, 0.2) is 0 Å². The predicted octanol–water partition coefficient (Wildman–Crippen LogP) is 3.25. The summed E-state index contributed by atoms with van der Waals surface area (Å²) in [5.74, 6) is 0. The quantitative estimate of drug-likeness (QED) is 0.552. The van der Waals surface area contributed by atoms with Gasteiger partial charge in [-0.25, -0.2) is 0 Å². The van der Waals surface area contributed by atoms with Crippen LogP contribution in [-0.2, 0) is 0 Å². The van der Waals surface area contributed by atoms with Crippen molar-refractivity contribution in [3.63, 3.8) is 0 Å². The molecule has 0 aliphatic carbocycles. The van der Waals surface area contributed by atoms with Crippen LogP contribution in [0.25, 0.3) is 0 Å². The van der Waals surface area contributed by atoms with Gasteiger partial charge in [-0.05, 0) is 0 Å². The molecule has 4 heteroatoms. The van der Waals surface area contributed by atoms with Crippen molar-refractivity contribution in [3.05, 3.63) is 11.5 Å². The molecule has 76 valence electrons. The fraction of sp³-hybridized carbons (Fsp3) is 0.778. The number of nitrogens with one attached hydrogen (secondary N) is 1. The molecule has 0 saturated carbocycles. The van der Waals surface area contributed by atoms with E-state index in [4.69, 9.17) is 0 Å². The molecule has 0 saturated heterocycles. The molecule has 13 heavy (non-hydrogen) atoms. The molecule has 1 heterocycles. The van der Waals surface area contributed by atoms with E-state index in [1.54, 1.807) is 0 Å². The molecule has 0 unspecified atom stereocenters. The van der Waals surface area contributed by atoms with Crippen molar-refractivity contribution in [1.29, 1.82) is 0 Å². The number of hydrogen-bond donors (Lipinski definition) is 1. The first-order chi connectivity index (χ1) is 5.71. The molecule has 0 fully saturated rings. The molecule has 0 amide bonds. The van der Waals surface area contributed by atoms with Crippen LogP contribution in [-0.4, -0.2) is 38.3 Å². The Morgan fingerprint density at radius 1 is 1.00 bits per heavy atom. The van der Waals surface area contributed by atoms with E-state index in [1.807, 2.05) is 11.9 Å². The van der Waals surface area contributed by atoms with Gasteiger partial charge in [-0.15, -0.1) is 0 Å². The average Bonchev–Trinajstić information content (AvgIpc) is 2.28. The summed E-state index contributed by atoms with van der Waals surface area (Å²) >= 11 is -1.97. The third-order valence-electron chi connectivity index (χ3n) is 2.97. The molecule has 1 N–H and O–H groups in total. The predicted molar refractivity (Wildman–Crippen MR) is 69.3 cm³/mol. The van der Waals surface area contributed by atoms with E-state index in [9.17, 15) is 0 Å². The maximum absolute atomic E-state index is 3.74. The zero-order valence-corrected chi connectivity index (χ0v) is 16.1. The third-order valence-corrected chi connectivity index (χ3v) is 48.6. The molecule has 0 aromatic carbocycles. The van der Waals surface area contributed by atoms with Crippen LogP contribution in [0.5, 0.6) is 0 Å². The van der Waals surface area contributed by atoms with Crippen LogP contribution in [0.4, 0.5) is 0 Å². The average molecular weight is 413 g/mol. The van der Waals surface area contributed by atoms with Gasteiger partial charge < -0.3 is 0 Å². The Balaban J connectivity index is 3.11. The Kier molecular flexibility index (Phi) is 3.82. The number of hydrogen-bond acceptors (Lipinski definition) is 2. The standard InChI is InChI=1S/C3H3NS.6CH3.2Sn/c1-2-4-5-3-1;;;;;;;;/h1,3-4H;6*1H3;;. The van der Waals surface area contributed by atoms with Crippen molar-refractivity contribution in [2.24, 2.45) is 0 Å². The van der Waals surface area contributed by atoms with Gasteiger partial charge in [-0.2, -0.15) is 0 Å². The molecule has 0 radical (unpaired) electrons. The summed E-state index contributed by atoms with van der Waals surface area (Å²) in [7, 11) is 0. The minimum absolute atomic E-state index is 0.522. The van der Waals surface area contributed by atoms with Gasteiger partial charge in [0.2, 0.25) is 0 Å². The normalized spacial score (nSPS) is 22.3. The Hall–Kier alpha value is 1.65. The van der Waals surface area contributed by atoms with Crippen LogP contribution in [0, 0.1) is 0 Å². The van der Waals surface area contributed by atoms with Crippen LogP contribution < -0.4 is 4.72 Å². The van der Waals surface area contributed by atoms with Crippen molar-refractivity contribution in [2.45, 2.75) is 31.2 Å². The summed E-state index contributed by atoms with van der Waals surface area (Å²) in [5.41, 5.74) is 0. The molecule has 1 aliphatic heterocycles. The van der Waals surface area contributed by atoms with E-state index in [0.717, 1.165) is 0 Å². The summed E-state index contributed by atoms with van der Waals surface area (Å²) in [4.78, 5) is 15.3. The molecule has 1 nitrogen and oxygen atoms in total. The van der Waals surface area contributed by atoms with Gasteiger partial charge in [0.1, 0.15) is 0 Å². The van der Waals surface area contributed by atoms with Gasteiger partial charge in [0, 0.05) is 0 Å². The zero-order chi connectivity index (χ0) is 10.3. The third kappa shape index (κ3) is 2.26. The molecule has 1 rings (SSSR count). The first kappa shape index (κ1) is 12.7. The second-order valence-corrected chi connectivity index (χ2v) is 40.8. The van der Waals surface area contributed by atoms with Crippen LogP contribution in [0.2, 0.25) is 29.6 Å². The zero-order valence-electron chi connectivity index (χ0n) is 9.56. The molecule has 1 aliphatic rings. The van der Waals surface area contributed by atoms with Gasteiger partial charge in [0.05, 0.1) is 0 Å². The first-order valence-corrected chi connectivity index (χ1v) is 25.7. The SMILES string of the molecule is [CH3][Sn]([CH3])([CH3])[C]1([Sn]([CH3])([CH3])[CH3])C=CSN1. The molecule has 0 atom stereocenters. The second-order valence-electron chi connectivity index (χ2n) is 5.83. The first-order valence-electron chi connectivity index (χ1n) is 4.81. The van der Waals surface area contributed by atoms with Crippen molar-refractivity contribution in [2.75, 3.05) is 0 Å². The minimum atomic E-state index is -1.89. The van der Waals surface area contributed by atoms with Crippen LogP contribution in [0.15, 0.2) is 11.5 Å². The Morgan fingerprint density at radius 3 is 1.62 bits per heavy atom. The molecular formula is C9H21NSSn2. The van der Waals surface area contributed by atoms with Gasteiger partial charge >= 0.3 is 96.1 Å². The number of rotatable bonds is 2. The van der Waals surface area contributed by atoms with Gasteiger partial charge in [-0.3, -0.25) is 0 Å². The Morgan fingerprint density at radius 2 is 1.46 bits per heavy atom. The topological polar surface area (TPSA) is 12.0 Å². The fourth-order valence-electron chi connectivity index (χ4n) is 2.23. The van der Waals surface area contributed by atoms with E-state index in [2.05, 4.69) is 45.8 Å². The van der Waals surface area contributed by atoms with Crippen molar-refractivity contribution in [1.82, 2.24) is 4.72 Å². The van der Waals surface area contributed by atoms with E-state index in [0.29, 0.717) is 1.57 Å². The molecule has 0 aromatic rings. The van der Waals surface area contributed by atoms with Crippen molar-refractivity contribution in [3.8, 4) is 0 Å². The fourth-order valence-corrected chi connectivity index (χ4v) is 63.2. The van der Waals surface area contributed by atoms with Crippen molar-refractivity contribution >= 4 is 48.7 Å². The van der Waals surface area contributed by atoms with Gasteiger partial charge in [0.25, 0.3) is 0 Å². The summed E-state index contributed by atoms with van der Waals surface area (Å²) in [6.45, 7) is 0. The molecule has 0 aromatic heterocycles. The Labute approximate surface area is 95.0 Å². The summed E-state index contributed by atoms with van der Waals surface area (Å²) in [6.07, 6.45) is 2.50. The van der Waals surface area contributed by atoms with Crippen LogP contribution >= 0.6 is 11.9 Å². The summed E-state index contributed by atoms with van der Waals surface area (Å²) in [6, 6.07) is 0. The summed E-state index contributed by atoms with van der Waals surface area (Å²) < 4.78 is 4.26. The molecule has 0 bridgehead atoms.